The molecule has 8 heteroatoms. The van der Waals surface area contributed by atoms with Gasteiger partial charge in [-0.3, -0.25) is 14.2 Å². The minimum atomic E-state index is -3.19. The van der Waals surface area contributed by atoms with Crippen LogP contribution in [0.25, 0.3) is 0 Å². The van der Waals surface area contributed by atoms with Gasteiger partial charge in [0.2, 0.25) is 10.0 Å². The van der Waals surface area contributed by atoms with Crippen molar-refractivity contribution in [2.45, 2.75) is 25.7 Å². The molecular formula is C16H18N4O3S. The third-order valence-corrected chi connectivity index (χ3v) is 6.40. The van der Waals surface area contributed by atoms with Crippen LogP contribution in [0.2, 0.25) is 0 Å². The summed E-state index contributed by atoms with van der Waals surface area (Å²) in [5.41, 5.74) is 3.76. The summed E-state index contributed by atoms with van der Waals surface area (Å²) >= 11 is 0. The maximum atomic E-state index is 12.4. The summed E-state index contributed by atoms with van der Waals surface area (Å²) in [6, 6.07) is 6.86. The van der Waals surface area contributed by atoms with Crippen LogP contribution in [0.15, 0.2) is 24.3 Å². The second-order valence-electron chi connectivity index (χ2n) is 6.13. The quantitative estimate of drug-likeness (QED) is 0.884. The Morgan fingerprint density at radius 3 is 2.67 bits per heavy atom. The zero-order valence-electron chi connectivity index (χ0n) is 13.1. The lowest BCUT2D eigenvalue weighted by Gasteiger charge is -2.17. The molecule has 126 valence electrons. The van der Waals surface area contributed by atoms with Crippen LogP contribution in [0.1, 0.15) is 34.6 Å². The Morgan fingerprint density at radius 1 is 1.17 bits per heavy atom. The molecule has 1 aliphatic carbocycles. The summed E-state index contributed by atoms with van der Waals surface area (Å²) in [6.45, 7) is 0.507. The van der Waals surface area contributed by atoms with Crippen molar-refractivity contribution in [3.8, 4) is 0 Å². The molecule has 0 saturated carbocycles. The maximum absolute atomic E-state index is 12.4. The Morgan fingerprint density at radius 2 is 1.96 bits per heavy atom. The number of fused-ring (bicyclic) bond motifs is 1. The van der Waals surface area contributed by atoms with Crippen LogP contribution < -0.4 is 9.62 Å². The van der Waals surface area contributed by atoms with E-state index in [9.17, 15) is 13.2 Å². The topological polar surface area (TPSA) is 95.2 Å². The first-order valence-electron chi connectivity index (χ1n) is 8.02. The first-order valence-corrected chi connectivity index (χ1v) is 9.63. The predicted octanol–water partition coefficient (Wildman–Crippen LogP) is 1.69. The maximum Gasteiger partial charge on any atom is 0.276 e. The summed E-state index contributed by atoms with van der Waals surface area (Å²) < 4.78 is 25.3. The Labute approximate surface area is 140 Å². The van der Waals surface area contributed by atoms with E-state index in [0.29, 0.717) is 30.0 Å². The van der Waals surface area contributed by atoms with Gasteiger partial charge >= 0.3 is 0 Å². The number of aromatic nitrogens is 2. The fourth-order valence-electron chi connectivity index (χ4n) is 3.34. The Balaban J connectivity index is 1.50. The normalized spacial score (nSPS) is 18.6. The summed E-state index contributed by atoms with van der Waals surface area (Å²) in [6.07, 6.45) is 3.50. The number of amides is 1. The number of hydrogen-bond acceptors (Lipinski definition) is 4. The molecule has 2 aliphatic rings. The fourth-order valence-corrected chi connectivity index (χ4v) is 4.90. The molecular weight excluding hydrogens is 328 g/mol. The molecule has 0 bridgehead atoms. The molecule has 24 heavy (non-hydrogen) atoms. The number of carbonyl (C=O) groups is 1. The zero-order valence-corrected chi connectivity index (χ0v) is 13.9. The van der Waals surface area contributed by atoms with Gasteiger partial charge in [0, 0.05) is 23.5 Å². The lowest BCUT2D eigenvalue weighted by Crippen LogP contribution is -2.25. The first kappa shape index (κ1) is 15.2. The molecule has 1 saturated heterocycles. The minimum absolute atomic E-state index is 0.190. The van der Waals surface area contributed by atoms with Crippen molar-refractivity contribution in [3.05, 3.63) is 41.2 Å². The van der Waals surface area contributed by atoms with Gasteiger partial charge in [-0.25, -0.2) is 8.42 Å². The van der Waals surface area contributed by atoms with Crippen molar-refractivity contribution in [3.63, 3.8) is 0 Å². The van der Waals surface area contributed by atoms with Gasteiger partial charge in [-0.15, -0.1) is 0 Å². The van der Waals surface area contributed by atoms with E-state index in [-0.39, 0.29) is 11.7 Å². The van der Waals surface area contributed by atoms with E-state index in [2.05, 4.69) is 15.5 Å². The van der Waals surface area contributed by atoms with Crippen LogP contribution >= 0.6 is 0 Å². The molecule has 1 aliphatic heterocycles. The van der Waals surface area contributed by atoms with Crippen LogP contribution in [0.3, 0.4) is 0 Å². The van der Waals surface area contributed by atoms with Crippen LogP contribution in [0.5, 0.6) is 0 Å². The molecule has 2 N–H and O–H groups in total. The molecule has 0 radical (unpaired) electrons. The highest BCUT2D eigenvalue weighted by molar-refractivity contribution is 7.93. The lowest BCUT2D eigenvalue weighted by molar-refractivity contribution is 0.102. The number of aromatic amines is 1. The summed E-state index contributed by atoms with van der Waals surface area (Å²) in [7, 11) is -3.19. The smallest absolute Gasteiger partial charge is 0.276 e. The molecule has 1 aromatic heterocycles. The van der Waals surface area contributed by atoms with E-state index >= 15 is 0 Å². The molecule has 1 aromatic carbocycles. The lowest BCUT2D eigenvalue weighted by atomic mass is 10.2. The third-order valence-electron chi connectivity index (χ3n) is 4.53. The summed E-state index contributed by atoms with van der Waals surface area (Å²) in [4.78, 5) is 12.4. The SMILES string of the molecule is O=C(Nc1ccc(N2CCCS2(=O)=O)cc1)c1n[nH]c2c1CCC2. The summed E-state index contributed by atoms with van der Waals surface area (Å²) in [5, 5.41) is 9.86. The van der Waals surface area contributed by atoms with Crippen molar-refractivity contribution in [1.29, 1.82) is 0 Å². The minimum Gasteiger partial charge on any atom is -0.321 e. The Kier molecular flexibility index (Phi) is 3.56. The van der Waals surface area contributed by atoms with Crippen molar-refractivity contribution >= 4 is 27.3 Å². The second kappa shape index (κ2) is 5.62. The van der Waals surface area contributed by atoms with Gasteiger partial charge in [-0.1, -0.05) is 0 Å². The molecule has 1 amide bonds. The van der Waals surface area contributed by atoms with E-state index < -0.39 is 10.0 Å². The van der Waals surface area contributed by atoms with Crippen molar-refractivity contribution in [1.82, 2.24) is 10.2 Å². The van der Waals surface area contributed by atoms with E-state index in [1.807, 2.05) is 0 Å². The van der Waals surface area contributed by atoms with Crippen molar-refractivity contribution in [2.75, 3.05) is 21.9 Å². The number of nitrogens with one attached hydrogen (secondary N) is 2. The molecule has 0 spiro atoms. The molecule has 0 atom stereocenters. The van der Waals surface area contributed by atoms with Crippen molar-refractivity contribution in [2.24, 2.45) is 0 Å². The molecule has 2 heterocycles. The van der Waals surface area contributed by atoms with E-state index in [1.165, 1.54) is 4.31 Å². The van der Waals surface area contributed by atoms with Crippen LogP contribution in [0.4, 0.5) is 11.4 Å². The third kappa shape index (κ3) is 2.56. The number of H-pyrrole nitrogens is 1. The highest BCUT2D eigenvalue weighted by Crippen LogP contribution is 2.26. The molecule has 1 fully saturated rings. The summed E-state index contributed by atoms with van der Waals surface area (Å²) in [5.74, 6) is -0.0496. The van der Waals surface area contributed by atoms with E-state index in [1.54, 1.807) is 24.3 Å². The number of nitrogens with zero attached hydrogens (tertiary/aromatic N) is 2. The van der Waals surface area contributed by atoms with Crippen LogP contribution in [-0.2, 0) is 22.9 Å². The van der Waals surface area contributed by atoms with Crippen molar-refractivity contribution < 1.29 is 13.2 Å². The monoisotopic (exact) mass is 346 g/mol. The number of carbonyl (C=O) groups excluding carboxylic acids is 1. The second-order valence-corrected chi connectivity index (χ2v) is 8.14. The molecule has 0 unspecified atom stereocenters. The molecule has 4 rings (SSSR count). The van der Waals surface area contributed by atoms with E-state index in [4.69, 9.17) is 0 Å². The fraction of sp³-hybridized carbons (Fsp3) is 0.375. The predicted molar refractivity (Wildman–Crippen MR) is 90.8 cm³/mol. The van der Waals surface area contributed by atoms with Gasteiger partial charge in [0.25, 0.3) is 5.91 Å². The number of aryl methyl sites for hydroxylation is 1. The number of rotatable bonds is 3. The standard InChI is InChI=1S/C16H18N4O3S/c21-16(15-13-3-1-4-14(13)18-19-15)17-11-5-7-12(8-6-11)20-9-2-10-24(20,22)23/h5-8H,1-4,9-10H2,(H,17,21)(H,18,19). The van der Waals surface area contributed by atoms with Gasteiger partial charge in [-0.05, 0) is 49.9 Å². The van der Waals surface area contributed by atoms with Gasteiger partial charge in [0.15, 0.2) is 5.69 Å². The molecule has 7 nitrogen and oxygen atoms in total. The number of benzene rings is 1. The van der Waals surface area contributed by atoms with Gasteiger partial charge in [-0.2, -0.15) is 5.10 Å². The highest BCUT2D eigenvalue weighted by atomic mass is 32.2. The van der Waals surface area contributed by atoms with Gasteiger partial charge in [0.1, 0.15) is 0 Å². The Bertz CT molecular complexity index is 887. The zero-order chi connectivity index (χ0) is 16.7. The number of hydrogen-bond donors (Lipinski definition) is 2. The van der Waals surface area contributed by atoms with Gasteiger partial charge in [0.05, 0.1) is 11.4 Å². The van der Waals surface area contributed by atoms with E-state index in [0.717, 1.165) is 30.5 Å². The Hall–Kier alpha value is -2.35. The average Bonchev–Trinajstić information content (AvgIpc) is 3.22. The molecule has 2 aromatic rings. The average molecular weight is 346 g/mol. The van der Waals surface area contributed by atoms with Gasteiger partial charge < -0.3 is 5.32 Å². The van der Waals surface area contributed by atoms with Crippen LogP contribution in [0, 0.1) is 0 Å². The number of sulfonamides is 1. The van der Waals surface area contributed by atoms with Crippen LogP contribution in [-0.4, -0.2) is 36.8 Å². The first-order chi connectivity index (χ1) is 11.5. The highest BCUT2D eigenvalue weighted by Gasteiger charge is 2.28. The number of anilines is 2. The largest absolute Gasteiger partial charge is 0.321 e.